The van der Waals surface area contributed by atoms with Crippen LogP contribution in [0.3, 0.4) is 0 Å². The Morgan fingerprint density at radius 1 is 1.00 bits per heavy atom. The Labute approximate surface area is 193 Å². The van der Waals surface area contributed by atoms with E-state index in [1.54, 1.807) is 24.3 Å². The lowest BCUT2D eigenvalue weighted by molar-refractivity contribution is -0.118. The van der Waals surface area contributed by atoms with Gasteiger partial charge in [0.25, 0.3) is 11.8 Å². The van der Waals surface area contributed by atoms with E-state index < -0.39 is 0 Å². The molecule has 31 heavy (non-hydrogen) atoms. The van der Waals surface area contributed by atoms with Crippen LogP contribution in [0.4, 0.5) is 5.69 Å². The molecule has 166 valence electrons. The molecular weight excluding hydrogens is 456 g/mol. The monoisotopic (exact) mass is 486 g/mol. The number of likely N-dealkylation sites (tertiary alicyclic amines) is 1. The summed E-state index contributed by atoms with van der Waals surface area (Å²) in [6.45, 7) is 7.88. The number of hydrogen-bond donors (Lipinski definition) is 1. The first-order valence-electron chi connectivity index (χ1n) is 10.9. The van der Waals surface area contributed by atoms with Crippen molar-refractivity contribution in [3.8, 4) is 5.75 Å². The zero-order valence-electron chi connectivity index (χ0n) is 18.5. The van der Waals surface area contributed by atoms with Gasteiger partial charge < -0.3 is 15.0 Å². The van der Waals surface area contributed by atoms with Crippen LogP contribution in [-0.4, -0.2) is 36.4 Å². The van der Waals surface area contributed by atoms with E-state index in [4.69, 9.17) is 4.74 Å². The summed E-state index contributed by atoms with van der Waals surface area (Å²) in [4.78, 5) is 27.0. The molecule has 0 saturated carbocycles. The van der Waals surface area contributed by atoms with Gasteiger partial charge in [0.2, 0.25) is 0 Å². The summed E-state index contributed by atoms with van der Waals surface area (Å²) in [5, 5.41) is 2.84. The number of rotatable bonds is 5. The van der Waals surface area contributed by atoms with E-state index in [-0.39, 0.29) is 23.8 Å². The van der Waals surface area contributed by atoms with Crippen molar-refractivity contribution in [2.24, 2.45) is 0 Å². The number of benzene rings is 2. The zero-order chi connectivity index (χ0) is 22.4. The van der Waals surface area contributed by atoms with E-state index in [2.05, 4.69) is 42.0 Å². The standard InChI is InChI=1S/C25H31BrN2O3/c1-25(2,3)21-16-19(26)10-13-22(21)31-17-23(29)27-20-11-8-18(9-12-20)24(30)28-14-6-4-5-7-15-28/h8-13,16H,4-7,14-15,17H2,1-3H3,(H,27,29). The highest BCUT2D eigenvalue weighted by molar-refractivity contribution is 9.10. The topological polar surface area (TPSA) is 58.6 Å². The summed E-state index contributed by atoms with van der Waals surface area (Å²) in [7, 11) is 0. The highest BCUT2D eigenvalue weighted by atomic mass is 79.9. The number of carbonyl (C=O) groups is 2. The number of halogens is 1. The second-order valence-corrected chi connectivity index (χ2v) is 9.93. The molecule has 1 fully saturated rings. The van der Waals surface area contributed by atoms with Crippen molar-refractivity contribution in [1.29, 1.82) is 0 Å². The molecule has 1 heterocycles. The molecule has 0 spiro atoms. The lowest BCUT2D eigenvalue weighted by atomic mass is 9.86. The van der Waals surface area contributed by atoms with E-state index in [0.717, 1.165) is 36.0 Å². The van der Waals surface area contributed by atoms with Crippen LogP contribution in [0.2, 0.25) is 0 Å². The fraction of sp³-hybridized carbons (Fsp3) is 0.440. The van der Waals surface area contributed by atoms with Crippen molar-refractivity contribution in [3.63, 3.8) is 0 Å². The Balaban J connectivity index is 1.57. The van der Waals surface area contributed by atoms with E-state index in [1.807, 2.05) is 23.1 Å². The van der Waals surface area contributed by atoms with E-state index in [1.165, 1.54) is 12.8 Å². The molecule has 0 aliphatic carbocycles. The molecular formula is C25H31BrN2O3. The second-order valence-electron chi connectivity index (χ2n) is 9.01. The second kappa shape index (κ2) is 10.3. The predicted molar refractivity (Wildman–Crippen MR) is 128 cm³/mol. The number of nitrogens with zero attached hydrogens (tertiary/aromatic N) is 1. The van der Waals surface area contributed by atoms with Gasteiger partial charge in [-0.1, -0.05) is 49.5 Å². The summed E-state index contributed by atoms with van der Waals surface area (Å²) in [5.41, 5.74) is 2.23. The number of nitrogens with one attached hydrogen (secondary N) is 1. The smallest absolute Gasteiger partial charge is 0.262 e. The quantitative estimate of drug-likeness (QED) is 0.582. The van der Waals surface area contributed by atoms with Gasteiger partial charge in [-0.15, -0.1) is 0 Å². The highest BCUT2D eigenvalue weighted by Crippen LogP contribution is 2.33. The molecule has 1 saturated heterocycles. The third kappa shape index (κ3) is 6.57. The van der Waals surface area contributed by atoms with Crippen LogP contribution in [0.1, 0.15) is 62.4 Å². The maximum Gasteiger partial charge on any atom is 0.262 e. The van der Waals surface area contributed by atoms with Crippen LogP contribution in [0.25, 0.3) is 0 Å². The van der Waals surface area contributed by atoms with Gasteiger partial charge >= 0.3 is 0 Å². The molecule has 0 unspecified atom stereocenters. The van der Waals surface area contributed by atoms with Crippen LogP contribution in [0, 0.1) is 0 Å². The molecule has 3 rings (SSSR count). The van der Waals surface area contributed by atoms with Gasteiger partial charge in [0.1, 0.15) is 5.75 Å². The minimum atomic E-state index is -0.241. The summed E-state index contributed by atoms with van der Waals surface area (Å²) in [6.07, 6.45) is 4.51. The largest absolute Gasteiger partial charge is 0.483 e. The van der Waals surface area contributed by atoms with E-state index in [9.17, 15) is 9.59 Å². The number of ether oxygens (including phenoxy) is 1. The average Bonchev–Trinajstić information content (AvgIpc) is 3.02. The fourth-order valence-electron chi connectivity index (χ4n) is 3.71. The van der Waals surface area contributed by atoms with Crippen LogP contribution in [0.15, 0.2) is 46.9 Å². The molecule has 2 aromatic carbocycles. The summed E-state index contributed by atoms with van der Waals surface area (Å²) < 4.78 is 6.79. The third-order valence-electron chi connectivity index (χ3n) is 5.42. The minimum absolute atomic E-state index is 0.0630. The van der Waals surface area contributed by atoms with Crippen LogP contribution in [-0.2, 0) is 10.2 Å². The van der Waals surface area contributed by atoms with E-state index >= 15 is 0 Å². The van der Waals surface area contributed by atoms with Gasteiger partial charge in [-0.05, 0) is 60.7 Å². The van der Waals surface area contributed by atoms with Gasteiger partial charge in [0.15, 0.2) is 6.61 Å². The average molecular weight is 487 g/mol. The van der Waals surface area contributed by atoms with Crippen LogP contribution < -0.4 is 10.1 Å². The number of hydrogen-bond acceptors (Lipinski definition) is 3. The molecule has 0 aromatic heterocycles. The lowest BCUT2D eigenvalue weighted by Crippen LogP contribution is -2.31. The first-order chi connectivity index (χ1) is 14.7. The number of anilines is 1. The normalized spacial score (nSPS) is 14.6. The molecule has 0 radical (unpaired) electrons. The van der Waals surface area contributed by atoms with Gasteiger partial charge in [-0.3, -0.25) is 9.59 Å². The Bertz CT molecular complexity index is 911. The molecule has 0 atom stereocenters. The fourth-order valence-corrected chi connectivity index (χ4v) is 4.07. The van der Waals surface area contributed by atoms with Crippen molar-refractivity contribution < 1.29 is 14.3 Å². The minimum Gasteiger partial charge on any atom is -0.483 e. The molecule has 1 N–H and O–H groups in total. The highest BCUT2D eigenvalue weighted by Gasteiger charge is 2.20. The summed E-state index contributed by atoms with van der Waals surface area (Å²) in [5.74, 6) is 0.520. The van der Waals surface area contributed by atoms with E-state index in [0.29, 0.717) is 17.0 Å². The Hall–Kier alpha value is -2.34. The molecule has 1 aliphatic rings. The first kappa shape index (κ1) is 23.3. The maximum absolute atomic E-state index is 12.7. The molecule has 2 amide bonds. The maximum atomic E-state index is 12.7. The van der Waals surface area contributed by atoms with Gasteiger partial charge in [-0.2, -0.15) is 0 Å². The Morgan fingerprint density at radius 3 is 2.26 bits per heavy atom. The van der Waals surface area contributed by atoms with Gasteiger partial charge in [0.05, 0.1) is 0 Å². The molecule has 5 nitrogen and oxygen atoms in total. The lowest BCUT2D eigenvalue weighted by Gasteiger charge is -2.23. The Morgan fingerprint density at radius 2 is 1.65 bits per heavy atom. The number of amides is 2. The van der Waals surface area contributed by atoms with Crippen molar-refractivity contribution >= 4 is 33.4 Å². The predicted octanol–water partition coefficient (Wildman–Crippen LogP) is 5.78. The SMILES string of the molecule is CC(C)(C)c1cc(Br)ccc1OCC(=O)Nc1ccc(C(=O)N2CCCCCC2)cc1. The zero-order valence-corrected chi connectivity index (χ0v) is 20.1. The van der Waals surface area contributed by atoms with Crippen LogP contribution >= 0.6 is 15.9 Å². The first-order valence-corrected chi connectivity index (χ1v) is 11.7. The van der Waals surface area contributed by atoms with Crippen molar-refractivity contribution in [2.45, 2.75) is 51.9 Å². The van der Waals surface area contributed by atoms with Crippen LogP contribution in [0.5, 0.6) is 5.75 Å². The van der Waals surface area contributed by atoms with Crippen molar-refractivity contribution in [3.05, 3.63) is 58.1 Å². The molecule has 6 heteroatoms. The summed E-state index contributed by atoms with van der Waals surface area (Å²) in [6, 6.07) is 12.9. The molecule has 1 aliphatic heterocycles. The van der Waals surface area contributed by atoms with Gasteiger partial charge in [-0.25, -0.2) is 0 Å². The third-order valence-corrected chi connectivity index (χ3v) is 5.91. The Kier molecular flexibility index (Phi) is 7.76. The number of carbonyl (C=O) groups excluding carboxylic acids is 2. The van der Waals surface area contributed by atoms with Gasteiger partial charge in [0, 0.05) is 34.4 Å². The molecule has 0 bridgehead atoms. The molecule has 2 aromatic rings. The summed E-state index contributed by atoms with van der Waals surface area (Å²) >= 11 is 3.50. The van der Waals surface area contributed by atoms with Crippen molar-refractivity contribution in [1.82, 2.24) is 4.90 Å². The van der Waals surface area contributed by atoms with Crippen molar-refractivity contribution in [2.75, 3.05) is 25.0 Å².